The van der Waals surface area contributed by atoms with Gasteiger partial charge in [-0.3, -0.25) is 24.4 Å². The average Bonchev–Trinajstić information content (AvgIpc) is 3.84. The van der Waals surface area contributed by atoms with Crippen LogP contribution in [0.1, 0.15) is 60.5 Å². The number of amides is 2. The fourth-order valence-corrected chi connectivity index (χ4v) is 9.61. The lowest BCUT2D eigenvalue weighted by Crippen LogP contribution is -2.67. The third kappa shape index (κ3) is 5.52. The lowest BCUT2D eigenvalue weighted by Gasteiger charge is -2.50. The highest BCUT2D eigenvalue weighted by Crippen LogP contribution is 2.47. The molecule has 268 valence electrons. The summed E-state index contributed by atoms with van der Waals surface area (Å²) in [6.07, 6.45) is 6.73. The lowest BCUT2D eigenvalue weighted by molar-refractivity contribution is -0.121. The van der Waals surface area contributed by atoms with Crippen molar-refractivity contribution in [2.24, 2.45) is 0 Å². The number of methoxy groups -OCH3 is 2. The summed E-state index contributed by atoms with van der Waals surface area (Å²) in [6.45, 7) is 6.05. The molecule has 9 rings (SSSR count). The predicted octanol–water partition coefficient (Wildman–Crippen LogP) is 5.27. The van der Waals surface area contributed by atoms with Gasteiger partial charge in [-0.05, 0) is 55.4 Å². The predicted molar refractivity (Wildman–Crippen MR) is 197 cm³/mol. The number of carbonyl (C=O) groups excluding carboxylic acids is 2. The van der Waals surface area contributed by atoms with Gasteiger partial charge in [-0.2, -0.15) is 0 Å². The van der Waals surface area contributed by atoms with Crippen LogP contribution in [0.2, 0.25) is 5.02 Å². The molecule has 0 bridgehead atoms. The number of halogens is 1. The number of carbonyl (C=O) groups is 2. The van der Waals surface area contributed by atoms with Gasteiger partial charge in [-0.15, -0.1) is 0 Å². The number of likely N-dealkylation sites (tertiary alicyclic amines) is 2. The molecule has 4 aliphatic heterocycles. The van der Waals surface area contributed by atoms with Gasteiger partial charge in [0.2, 0.25) is 23.6 Å². The first-order chi connectivity index (χ1) is 25.2. The summed E-state index contributed by atoms with van der Waals surface area (Å²) in [4.78, 5) is 43.1. The molecule has 2 amide bonds. The van der Waals surface area contributed by atoms with Gasteiger partial charge < -0.3 is 20.1 Å². The van der Waals surface area contributed by atoms with Gasteiger partial charge in [0.15, 0.2) is 0 Å². The van der Waals surface area contributed by atoms with E-state index in [4.69, 9.17) is 36.0 Å². The third-order valence-corrected chi connectivity index (χ3v) is 12.3. The molecular weight excluding hydrogens is 678 g/mol. The van der Waals surface area contributed by atoms with E-state index >= 15 is 0 Å². The normalized spacial score (nSPS) is 21.5. The van der Waals surface area contributed by atoms with Crippen LogP contribution >= 0.6 is 11.6 Å². The van der Waals surface area contributed by atoms with Crippen LogP contribution in [0.4, 0.5) is 0 Å². The van der Waals surface area contributed by atoms with Gasteiger partial charge in [0.1, 0.15) is 5.69 Å². The highest BCUT2D eigenvalue weighted by atomic mass is 35.5. The molecule has 52 heavy (non-hydrogen) atoms. The van der Waals surface area contributed by atoms with Crippen LogP contribution in [0.3, 0.4) is 0 Å². The number of aromatic nitrogens is 3. The van der Waals surface area contributed by atoms with Crippen molar-refractivity contribution in [1.82, 2.24) is 35.4 Å². The minimum absolute atomic E-state index is 0.0618. The Kier molecular flexibility index (Phi) is 8.02. The Balaban J connectivity index is 0.973. The van der Waals surface area contributed by atoms with Crippen LogP contribution in [0.5, 0.6) is 11.8 Å². The summed E-state index contributed by atoms with van der Waals surface area (Å²) in [5, 5.41) is 6.93. The molecule has 4 aromatic rings. The van der Waals surface area contributed by atoms with Crippen molar-refractivity contribution < 1.29 is 19.1 Å². The number of benzene rings is 2. The molecule has 2 aromatic heterocycles. The zero-order valence-electron chi connectivity index (χ0n) is 29.7. The van der Waals surface area contributed by atoms with Gasteiger partial charge in [0.25, 0.3) is 0 Å². The fourth-order valence-electron chi connectivity index (χ4n) is 9.29. The van der Waals surface area contributed by atoms with Crippen molar-refractivity contribution in [1.29, 1.82) is 0 Å². The molecule has 1 aliphatic carbocycles. The summed E-state index contributed by atoms with van der Waals surface area (Å²) >= 11 is 7.21. The summed E-state index contributed by atoms with van der Waals surface area (Å²) in [7, 11) is 3.31. The number of nitrogens with zero attached hydrogens (tertiary/aromatic N) is 5. The second kappa shape index (κ2) is 12.5. The summed E-state index contributed by atoms with van der Waals surface area (Å²) < 4.78 is 11.7. The summed E-state index contributed by atoms with van der Waals surface area (Å²) in [6, 6.07) is 14.7. The number of hydrogen-bond donors (Lipinski definition) is 2. The first-order valence-corrected chi connectivity index (χ1v) is 18.5. The second-order valence-corrected chi connectivity index (χ2v) is 15.6. The Bertz CT molecular complexity index is 2130. The van der Waals surface area contributed by atoms with Crippen LogP contribution < -0.4 is 20.1 Å². The molecular formula is C40H42ClN7O4. The topological polar surface area (TPSA) is 122 Å². The fraction of sp³-hybridized carbons (Fsp3) is 0.425. The Morgan fingerprint density at radius 1 is 0.827 bits per heavy atom. The highest BCUT2D eigenvalue weighted by Gasteiger charge is 2.51. The van der Waals surface area contributed by atoms with Crippen molar-refractivity contribution in [3.05, 3.63) is 76.1 Å². The molecule has 2 spiro atoms. The molecule has 0 unspecified atom stereocenters. The van der Waals surface area contributed by atoms with E-state index in [1.54, 1.807) is 20.4 Å². The molecule has 5 aliphatic rings. The van der Waals surface area contributed by atoms with Crippen molar-refractivity contribution in [3.8, 4) is 45.4 Å². The van der Waals surface area contributed by atoms with Crippen LogP contribution in [-0.2, 0) is 22.6 Å². The Labute approximate surface area is 308 Å². The van der Waals surface area contributed by atoms with Crippen LogP contribution in [-0.4, -0.2) is 88.0 Å². The first kappa shape index (κ1) is 33.3. The molecule has 11 nitrogen and oxygen atoms in total. The first-order valence-electron chi connectivity index (χ1n) is 18.1. The van der Waals surface area contributed by atoms with E-state index in [0.29, 0.717) is 41.9 Å². The number of aryl methyl sites for hydroxylation is 1. The molecule has 0 saturated carbocycles. The monoisotopic (exact) mass is 719 g/mol. The summed E-state index contributed by atoms with van der Waals surface area (Å²) in [5.74, 6) is 1.44. The molecule has 2 N–H and O–H groups in total. The van der Waals surface area contributed by atoms with Crippen molar-refractivity contribution in [2.75, 3.05) is 40.4 Å². The second-order valence-electron chi connectivity index (χ2n) is 15.2. The van der Waals surface area contributed by atoms with Crippen LogP contribution in [0.25, 0.3) is 33.6 Å². The van der Waals surface area contributed by atoms with Gasteiger partial charge in [0, 0.05) is 73.9 Å². The SMILES string of the molecule is COc1nc(-c2cccc(-c3cccc(-c4cc5c(c(OC)n4)[C@@H](N4CC6(CCC(=O)N6)C4)CC5)c3C)c2Cl)cnc1CN1CC2(CCC(=O)N2)C1. The Morgan fingerprint density at radius 2 is 1.46 bits per heavy atom. The summed E-state index contributed by atoms with van der Waals surface area (Å²) in [5.41, 5.74) is 9.31. The molecule has 1 atom stereocenters. The third-order valence-electron chi connectivity index (χ3n) is 11.9. The molecule has 4 saturated heterocycles. The Hall–Kier alpha value is -4.58. The van der Waals surface area contributed by atoms with E-state index in [2.05, 4.69) is 51.6 Å². The number of ether oxygens (including phenoxy) is 2. The number of fused-ring (bicyclic) bond motifs is 1. The van der Waals surface area contributed by atoms with E-state index < -0.39 is 0 Å². The standard InChI is InChI=1S/C40H42ClN7O4/c1-23-25(6-4-7-26(23)29-16-24-10-11-32(35(24)38(43-29)52-3)48-21-40(22-48)15-13-34(50)46-40)27-8-5-9-28(36(27)41)30-17-42-31(37(44-30)51-2)18-47-19-39(20-47)14-12-33(49)45-39/h4-9,16-17,32H,10-15,18-22H2,1-3H3,(H,45,49)(H,46,50)/t32-/m0/s1. The van der Waals surface area contributed by atoms with Crippen LogP contribution in [0.15, 0.2) is 48.7 Å². The largest absolute Gasteiger partial charge is 0.481 e. The quantitative estimate of drug-likeness (QED) is 0.251. The molecule has 2 aromatic carbocycles. The number of hydrogen-bond acceptors (Lipinski definition) is 9. The van der Waals surface area contributed by atoms with E-state index in [9.17, 15) is 9.59 Å². The van der Waals surface area contributed by atoms with Crippen molar-refractivity contribution in [2.45, 2.75) is 69.1 Å². The maximum Gasteiger partial charge on any atom is 0.237 e. The van der Waals surface area contributed by atoms with E-state index in [-0.39, 0.29) is 28.9 Å². The maximum absolute atomic E-state index is 11.9. The zero-order valence-corrected chi connectivity index (χ0v) is 30.5. The van der Waals surface area contributed by atoms with E-state index in [0.717, 1.165) is 91.1 Å². The minimum atomic E-state index is -0.0953. The number of pyridine rings is 1. The molecule has 12 heteroatoms. The number of rotatable bonds is 8. The lowest BCUT2D eigenvalue weighted by atomic mass is 9.86. The van der Waals surface area contributed by atoms with Gasteiger partial charge in [0.05, 0.1) is 47.9 Å². The smallest absolute Gasteiger partial charge is 0.237 e. The Morgan fingerprint density at radius 3 is 2.13 bits per heavy atom. The number of nitrogens with one attached hydrogen (secondary N) is 2. The molecule has 0 radical (unpaired) electrons. The minimum Gasteiger partial charge on any atom is -0.481 e. The van der Waals surface area contributed by atoms with E-state index in [1.165, 1.54) is 11.1 Å². The van der Waals surface area contributed by atoms with Crippen LogP contribution in [0, 0.1) is 6.92 Å². The maximum atomic E-state index is 11.9. The molecule has 4 fully saturated rings. The average molecular weight is 720 g/mol. The van der Waals surface area contributed by atoms with Gasteiger partial charge in [-0.1, -0.05) is 48.0 Å². The van der Waals surface area contributed by atoms with Gasteiger partial charge >= 0.3 is 0 Å². The van der Waals surface area contributed by atoms with Gasteiger partial charge in [-0.25, -0.2) is 9.97 Å². The van der Waals surface area contributed by atoms with Crippen molar-refractivity contribution in [3.63, 3.8) is 0 Å². The highest BCUT2D eigenvalue weighted by molar-refractivity contribution is 6.36. The molecule has 6 heterocycles. The zero-order chi connectivity index (χ0) is 35.8. The van der Waals surface area contributed by atoms with Crippen molar-refractivity contribution >= 4 is 23.4 Å². The van der Waals surface area contributed by atoms with E-state index in [1.807, 2.05) is 18.2 Å².